The maximum atomic E-state index is 8.52. The summed E-state index contributed by atoms with van der Waals surface area (Å²) in [4.78, 5) is 2.12. The summed E-state index contributed by atoms with van der Waals surface area (Å²) in [5.74, 6) is 1.23. The first-order valence-electron chi connectivity index (χ1n) is 12.5. The van der Waals surface area contributed by atoms with E-state index >= 15 is 0 Å². The molecule has 0 fully saturated rings. The van der Waals surface area contributed by atoms with Crippen LogP contribution in [0, 0.1) is 11.8 Å². The van der Waals surface area contributed by atoms with Crippen LogP contribution in [0.3, 0.4) is 0 Å². The number of hydrogen-bond acceptors (Lipinski definition) is 6. The maximum absolute atomic E-state index is 8.52. The van der Waals surface area contributed by atoms with E-state index < -0.39 is 0 Å². The summed E-state index contributed by atoms with van der Waals surface area (Å²) in [6.07, 6.45) is 3.39. The van der Waals surface area contributed by atoms with Gasteiger partial charge in [0.2, 0.25) is 0 Å². The van der Waals surface area contributed by atoms with Gasteiger partial charge < -0.3 is 29.0 Å². The molecule has 0 spiro atoms. The molecule has 0 saturated heterocycles. The number of aliphatic hydroxyl groups excluding tert-OH is 1. The Bertz CT molecular complexity index is 259. The summed E-state index contributed by atoms with van der Waals surface area (Å²) in [5.41, 5.74) is 0. The minimum absolute atomic E-state index is 0.00704. The summed E-state index contributed by atoms with van der Waals surface area (Å²) in [6, 6.07) is 0. The van der Waals surface area contributed by atoms with Crippen LogP contribution in [0.4, 0.5) is 0 Å². The van der Waals surface area contributed by atoms with Crippen molar-refractivity contribution in [1.82, 2.24) is 4.90 Å². The zero-order valence-electron chi connectivity index (χ0n) is 24.3. The third kappa shape index (κ3) is 78.0. The van der Waals surface area contributed by atoms with Crippen molar-refractivity contribution in [3.63, 3.8) is 0 Å². The van der Waals surface area contributed by atoms with Crippen LogP contribution in [-0.2, 0) is 18.9 Å². The first kappa shape index (κ1) is 42.0. The topological polar surface area (TPSA) is 60.4 Å². The van der Waals surface area contributed by atoms with Crippen molar-refractivity contribution in [2.75, 3.05) is 74.5 Å². The van der Waals surface area contributed by atoms with Gasteiger partial charge in [-0.25, -0.2) is 0 Å². The molecule has 0 heterocycles. The van der Waals surface area contributed by atoms with Gasteiger partial charge in [-0.05, 0) is 58.7 Å². The van der Waals surface area contributed by atoms with E-state index in [-0.39, 0.29) is 12.7 Å². The molecule has 6 heteroatoms. The molecule has 1 atom stereocenters. The van der Waals surface area contributed by atoms with Gasteiger partial charge in [-0.15, -0.1) is 0 Å². The lowest BCUT2D eigenvalue weighted by Crippen LogP contribution is -2.15. The van der Waals surface area contributed by atoms with Crippen LogP contribution in [0.25, 0.3) is 0 Å². The van der Waals surface area contributed by atoms with E-state index in [1.165, 1.54) is 0 Å². The zero-order chi connectivity index (χ0) is 26.2. The molecular formula is C26H63NO5. The van der Waals surface area contributed by atoms with Crippen molar-refractivity contribution in [1.29, 1.82) is 0 Å². The van der Waals surface area contributed by atoms with Gasteiger partial charge in [-0.2, -0.15) is 0 Å². The second kappa shape index (κ2) is 41.1. The van der Waals surface area contributed by atoms with Crippen molar-refractivity contribution >= 4 is 0 Å². The van der Waals surface area contributed by atoms with E-state index in [0.717, 1.165) is 58.8 Å². The van der Waals surface area contributed by atoms with E-state index in [1.807, 2.05) is 6.92 Å². The van der Waals surface area contributed by atoms with E-state index in [2.05, 4.69) is 74.4 Å². The Morgan fingerprint density at radius 1 is 0.688 bits per heavy atom. The summed E-state index contributed by atoms with van der Waals surface area (Å²) >= 11 is 0. The molecule has 0 aromatic carbocycles. The SMILES string of the molecule is CC(C)COC(C)CO.CCCOC.CCCOCCC.CCN(C)C.COCC(C)C. The fraction of sp³-hybridized carbons (Fsp3) is 1.00. The lowest BCUT2D eigenvalue weighted by molar-refractivity contribution is 0.0117. The van der Waals surface area contributed by atoms with Crippen LogP contribution in [-0.4, -0.2) is 90.6 Å². The standard InChI is InChI=1S/C7H16O2.C6H14O.C5H12O.C4H11N.C4H10O/c1-6(2)5-9-7(3)4-8;1-3-5-7-6-4-2;1-5(2)4-6-3;1-4-5(2)3;1-3-4-5-2/h6-8H,4-5H2,1-3H3;3-6H2,1-2H3;5H,4H2,1-3H3;4H2,1-3H3;3-4H2,1-2H3. The molecule has 0 radical (unpaired) electrons. The van der Waals surface area contributed by atoms with Crippen LogP contribution < -0.4 is 0 Å². The van der Waals surface area contributed by atoms with E-state index in [1.54, 1.807) is 14.2 Å². The number of methoxy groups -OCH3 is 2. The number of nitrogens with zero attached hydrogens (tertiary/aromatic N) is 1. The normalized spacial score (nSPS) is 10.8. The monoisotopic (exact) mass is 469 g/mol. The Kier molecular flexibility index (Phi) is 53.8. The number of aliphatic hydroxyl groups is 1. The number of hydrogen-bond donors (Lipinski definition) is 1. The predicted octanol–water partition coefficient (Wildman–Crippen LogP) is 5.76. The minimum Gasteiger partial charge on any atom is -0.394 e. The molecule has 0 amide bonds. The molecule has 0 aromatic rings. The molecule has 202 valence electrons. The molecule has 6 nitrogen and oxygen atoms in total. The summed E-state index contributed by atoms with van der Waals surface area (Å²) in [5, 5.41) is 8.52. The Morgan fingerprint density at radius 2 is 1.09 bits per heavy atom. The first-order chi connectivity index (χ1) is 15.0. The Labute approximate surface area is 203 Å². The van der Waals surface area contributed by atoms with Gasteiger partial charge in [0.1, 0.15) is 0 Å². The third-order valence-corrected chi connectivity index (χ3v) is 3.21. The van der Waals surface area contributed by atoms with Crippen LogP contribution >= 0.6 is 0 Å². The largest absolute Gasteiger partial charge is 0.394 e. The van der Waals surface area contributed by atoms with Crippen LogP contribution in [0.5, 0.6) is 0 Å². The second-order valence-electron chi connectivity index (χ2n) is 8.57. The van der Waals surface area contributed by atoms with E-state index in [0.29, 0.717) is 11.8 Å². The van der Waals surface area contributed by atoms with Gasteiger partial charge in [0.25, 0.3) is 0 Å². The fourth-order valence-corrected chi connectivity index (χ4v) is 1.34. The Hall–Kier alpha value is -0.240. The molecule has 0 saturated carbocycles. The molecule has 1 N–H and O–H groups in total. The molecule has 0 bridgehead atoms. The van der Waals surface area contributed by atoms with Gasteiger partial charge in [-0.1, -0.05) is 55.4 Å². The van der Waals surface area contributed by atoms with Gasteiger partial charge >= 0.3 is 0 Å². The number of rotatable bonds is 13. The minimum atomic E-state index is -0.00704. The van der Waals surface area contributed by atoms with E-state index in [4.69, 9.17) is 24.1 Å². The smallest absolute Gasteiger partial charge is 0.0777 e. The second-order valence-corrected chi connectivity index (χ2v) is 8.57. The summed E-state index contributed by atoms with van der Waals surface area (Å²) < 4.78 is 19.8. The Balaban J connectivity index is -0.0000000969. The molecule has 0 aliphatic carbocycles. The average Bonchev–Trinajstić information content (AvgIpc) is 2.74. The van der Waals surface area contributed by atoms with Gasteiger partial charge in [0.05, 0.1) is 12.7 Å². The van der Waals surface area contributed by atoms with Crippen molar-refractivity contribution in [3.8, 4) is 0 Å². The van der Waals surface area contributed by atoms with Crippen molar-refractivity contribution in [2.45, 2.75) is 87.7 Å². The lowest BCUT2D eigenvalue weighted by Gasteiger charge is -2.11. The van der Waals surface area contributed by atoms with Gasteiger partial charge in [-0.3, -0.25) is 0 Å². The third-order valence-electron chi connectivity index (χ3n) is 3.21. The highest BCUT2D eigenvalue weighted by Crippen LogP contribution is 1.96. The molecule has 0 aliphatic heterocycles. The Morgan fingerprint density at radius 3 is 1.25 bits per heavy atom. The molecule has 0 aliphatic rings. The maximum Gasteiger partial charge on any atom is 0.0777 e. The molecular weight excluding hydrogens is 406 g/mol. The molecule has 0 rings (SSSR count). The van der Waals surface area contributed by atoms with Gasteiger partial charge in [0.15, 0.2) is 0 Å². The van der Waals surface area contributed by atoms with Crippen molar-refractivity contribution < 1.29 is 24.1 Å². The predicted molar refractivity (Wildman–Crippen MR) is 142 cm³/mol. The quantitative estimate of drug-likeness (QED) is 0.346. The first-order valence-corrected chi connectivity index (χ1v) is 12.5. The van der Waals surface area contributed by atoms with Crippen LogP contribution in [0.1, 0.15) is 81.6 Å². The van der Waals surface area contributed by atoms with E-state index in [9.17, 15) is 0 Å². The molecule has 0 aromatic heterocycles. The van der Waals surface area contributed by atoms with Crippen LogP contribution in [0.2, 0.25) is 0 Å². The molecule has 1 unspecified atom stereocenters. The van der Waals surface area contributed by atoms with Crippen molar-refractivity contribution in [3.05, 3.63) is 0 Å². The van der Waals surface area contributed by atoms with Crippen LogP contribution in [0.15, 0.2) is 0 Å². The number of ether oxygens (including phenoxy) is 4. The van der Waals surface area contributed by atoms with Gasteiger partial charge in [0, 0.05) is 47.3 Å². The lowest BCUT2D eigenvalue weighted by atomic mass is 10.2. The highest BCUT2D eigenvalue weighted by atomic mass is 16.5. The fourth-order valence-electron chi connectivity index (χ4n) is 1.34. The highest BCUT2D eigenvalue weighted by molar-refractivity contribution is 4.46. The average molecular weight is 470 g/mol. The zero-order valence-corrected chi connectivity index (χ0v) is 24.3. The summed E-state index contributed by atoms with van der Waals surface area (Å²) in [7, 11) is 7.55. The highest BCUT2D eigenvalue weighted by Gasteiger charge is 1.99. The summed E-state index contributed by atoms with van der Waals surface area (Å²) in [6.45, 7) is 24.4. The molecule has 32 heavy (non-hydrogen) atoms. The van der Waals surface area contributed by atoms with Crippen molar-refractivity contribution in [2.24, 2.45) is 11.8 Å².